The molecule has 4 nitrogen and oxygen atoms in total. The summed E-state index contributed by atoms with van der Waals surface area (Å²) in [6.07, 6.45) is 0. The molecule has 0 radical (unpaired) electrons. The van der Waals surface area contributed by atoms with Crippen LogP contribution in [0.3, 0.4) is 0 Å². The second-order valence-corrected chi connectivity index (χ2v) is 3.98. The molecule has 0 aliphatic heterocycles. The fourth-order valence-electron chi connectivity index (χ4n) is 1.58. The van der Waals surface area contributed by atoms with Crippen molar-refractivity contribution in [1.29, 1.82) is 0 Å². The van der Waals surface area contributed by atoms with E-state index in [2.05, 4.69) is 5.32 Å². The van der Waals surface area contributed by atoms with Crippen molar-refractivity contribution in [2.24, 2.45) is 0 Å². The summed E-state index contributed by atoms with van der Waals surface area (Å²) in [5.41, 5.74) is 0.674. The smallest absolute Gasteiger partial charge is 0.126 e. The molecule has 0 aliphatic carbocycles. The van der Waals surface area contributed by atoms with E-state index < -0.39 is 5.82 Å². The summed E-state index contributed by atoms with van der Waals surface area (Å²) in [4.78, 5) is 0. The summed E-state index contributed by atoms with van der Waals surface area (Å²) in [5, 5.41) is 12.8. The van der Waals surface area contributed by atoms with Crippen LogP contribution in [0.25, 0.3) is 0 Å². The molecule has 5 heteroatoms. The van der Waals surface area contributed by atoms with Gasteiger partial charge in [-0.25, -0.2) is 4.39 Å². The van der Waals surface area contributed by atoms with Crippen molar-refractivity contribution in [1.82, 2.24) is 5.32 Å². The Balaban J connectivity index is 2.29. The molecule has 0 amide bonds. The summed E-state index contributed by atoms with van der Waals surface area (Å²) in [6, 6.07) is 3.97. The molecular formula is C13H20FNO3. The number of phenolic OH excluding ortho intramolecular Hbond substituents is 1. The largest absolute Gasteiger partial charge is 0.508 e. The van der Waals surface area contributed by atoms with Crippen molar-refractivity contribution >= 4 is 0 Å². The number of halogens is 1. The molecule has 0 heterocycles. The van der Waals surface area contributed by atoms with Gasteiger partial charge in [0.05, 0.1) is 19.8 Å². The third-order valence-corrected chi connectivity index (χ3v) is 2.59. The van der Waals surface area contributed by atoms with Crippen LogP contribution in [0.1, 0.15) is 18.5 Å². The van der Waals surface area contributed by atoms with Gasteiger partial charge in [-0.2, -0.15) is 0 Å². The van der Waals surface area contributed by atoms with Crippen molar-refractivity contribution in [2.75, 3.05) is 33.5 Å². The van der Waals surface area contributed by atoms with Crippen LogP contribution in [-0.2, 0) is 9.47 Å². The van der Waals surface area contributed by atoms with Gasteiger partial charge in [0.25, 0.3) is 0 Å². The number of hydrogen-bond acceptors (Lipinski definition) is 4. The van der Waals surface area contributed by atoms with Crippen molar-refractivity contribution in [3.63, 3.8) is 0 Å². The van der Waals surface area contributed by atoms with Crippen LogP contribution in [0.2, 0.25) is 0 Å². The number of ether oxygens (including phenoxy) is 2. The Labute approximate surface area is 107 Å². The molecule has 2 N–H and O–H groups in total. The lowest BCUT2D eigenvalue weighted by Crippen LogP contribution is -2.24. The highest BCUT2D eigenvalue weighted by Crippen LogP contribution is 2.24. The third-order valence-electron chi connectivity index (χ3n) is 2.59. The highest BCUT2D eigenvalue weighted by molar-refractivity contribution is 5.34. The predicted molar refractivity (Wildman–Crippen MR) is 67.2 cm³/mol. The maximum absolute atomic E-state index is 12.8. The average molecular weight is 257 g/mol. The van der Waals surface area contributed by atoms with Crippen molar-refractivity contribution in [3.05, 3.63) is 29.6 Å². The Bertz CT molecular complexity index is 360. The van der Waals surface area contributed by atoms with Crippen molar-refractivity contribution in [3.8, 4) is 5.75 Å². The topological polar surface area (TPSA) is 50.7 Å². The molecule has 1 rings (SSSR count). The lowest BCUT2D eigenvalue weighted by molar-refractivity contribution is 0.0712. The average Bonchev–Trinajstić information content (AvgIpc) is 2.33. The highest BCUT2D eigenvalue weighted by Gasteiger charge is 2.10. The minimum Gasteiger partial charge on any atom is -0.508 e. The van der Waals surface area contributed by atoms with Gasteiger partial charge in [0, 0.05) is 31.3 Å². The van der Waals surface area contributed by atoms with Crippen LogP contribution >= 0.6 is 0 Å². The van der Waals surface area contributed by atoms with Gasteiger partial charge in [0.2, 0.25) is 0 Å². The molecule has 0 bridgehead atoms. The summed E-state index contributed by atoms with van der Waals surface area (Å²) in [5.74, 6) is -0.471. The zero-order chi connectivity index (χ0) is 13.4. The number of rotatable bonds is 8. The Hall–Kier alpha value is -1.17. The van der Waals surface area contributed by atoms with Gasteiger partial charge in [-0.1, -0.05) is 6.07 Å². The molecule has 1 atom stereocenters. The van der Waals surface area contributed by atoms with Crippen LogP contribution < -0.4 is 5.32 Å². The lowest BCUT2D eigenvalue weighted by atomic mass is 10.1. The van der Waals surface area contributed by atoms with E-state index in [1.54, 1.807) is 13.2 Å². The van der Waals surface area contributed by atoms with E-state index in [9.17, 15) is 9.50 Å². The number of benzene rings is 1. The van der Waals surface area contributed by atoms with E-state index in [1.807, 2.05) is 6.92 Å². The zero-order valence-electron chi connectivity index (χ0n) is 10.8. The molecule has 0 saturated carbocycles. The Morgan fingerprint density at radius 2 is 2.11 bits per heavy atom. The van der Waals surface area contributed by atoms with Gasteiger partial charge in [0.15, 0.2) is 0 Å². The van der Waals surface area contributed by atoms with E-state index in [-0.39, 0.29) is 11.8 Å². The molecule has 0 spiro atoms. The molecular weight excluding hydrogens is 237 g/mol. The van der Waals surface area contributed by atoms with Gasteiger partial charge in [-0.3, -0.25) is 0 Å². The van der Waals surface area contributed by atoms with E-state index in [1.165, 1.54) is 6.07 Å². The Morgan fingerprint density at radius 1 is 1.33 bits per heavy atom. The van der Waals surface area contributed by atoms with Crippen LogP contribution in [0, 0.1) is 5.82 Å². The lowest BCUT2D eigenvalue weighted by Gasteiger charge is -2.15. The Morgan fingerprint density at radius 3 is 2.78 bits per heavy atom. The van der Waals surface area contributed by atoms with E-state index >= 15 is 0 Å². The maximum Gasteiger partial charge on any atom is 0.126 e. The molecule has 102 valence electrons. The van der Waals surface area contributed by atoms with Gasteiger partial charge in [0.1, 0.15) is 11.6 Å². The summed E-state index contributed by atoms with van der Waals surface area (Å²) >= 11 is 0. The summed E-state index contributed by atoms with van der Waals surface area (Å²) < 4.78 is 23.0. The number of hydrogen-bond donors (Lipinski definition) is 2. The first-order chi connectivity index (χ1) is 8.65. The minimum atomic E-state index is -0.439. The maximum atomic E-state index is 12.8. The van der Waals surface area contributed by atoms with Crippen LogP contribution in [0.5, 0.6) is 5.75 Å². The molecule has 0 aromatic heterocycles. The SMILES string of the molecule is COCCOCCNC(C)c1ccc(F)cc1O. The second-order valence-electron chi connectivity index (χ2n) is 3.98. The number of methoxy groups -OCH3 is 1. The molecule has 1 aromatic carbocycles. The van der Waals surface area contributed by atoms with Crippen LogP contribution in [0.15, 0.2) is 18.2 Å². The first-order valence-electron chi connectivity index (χ1n) is 5.93. The minimum absolute atomic E-state index is 0.0321. The fourth-order valence-corrected chi connectivity index (χ4v) is 1.58. The molecule has 0 saturated heterocycles. The van der Waals surface area contributed by atoms with Gasteiger partial charge in [-0.05, 0) is 13.0 Å². The summed E-state index contributed by atoms with van der Waals surface area (Å²) in [6.45, 7) is 4.27. The molecule has 0 aliphatic rings. The normalized spacial score (nSPS) is 12.6. The van der Waals surface area contributed by atoms with E-state index in [0.29, 0.717) is 31.9 Å². The zero-order valence-corrected chi connectivity index (χ0v) is 10.8. The van der Waals surface area contributed by atoms with Crippen LogP contribution in [0.4, 0.5) is 4.39 Å². The predicted octanol–water partition coefficient (Wildman–Crippen LogP) is 1.84. The molecule has 1 unspecified atom stereocenters. The van der Waals surface area contributed by atoms with E-state index in [4.69, 9.17) is 9.47 Å². The highest BCUT2D eigenvalue weighted by atomic mass is 19.1. The first-order valence-corrected chi connectivity index (χ1v) is 5.93. The number of aromatic hydroxyl groups is 1. The van der Waals surface area contributed by atoms with Crippen molar-refractivity contribution in [2.45, 2.75) is 13.0 Å². The Kier molecular flexibility index (Phi) is 6.64. The quantitative estimate of drug-likeness (QED) is 0.698. The summed E-state index contributed by atoms with van der Waals surface area (Å²) in [7, 11) is 1.63. The first kappa shape index (κ1) is 14.9. The molecule has 0 fully saturated rings. The number of phenols is 1. The van der Waals surface area contributed by atoms with Crippen LogP contribution in [-0.4, -0.2) is 38.6 Å². The standard InChI is InChI=1S/C13H20FNO3/c1-10(15-5-6-18-8-7-17-2)12-4-3-11(14)9-13(12)16/h3-4,9-10,15-16H,5-8H2,1-2H3. The fraction of sp³-hybridized carbons (Fsp3) is 0.538. The third kappa shape index (κ3) is 5.00. The van der Waals surface area contributed by atoms with Gasteiger partial charge < -0.3 is 19.9 Å². The van der Waals surface area contributed by atoms with E-state index in [0.717, 1.165) is 6.07 Å². The molecule has 18 heavy (non-hydrogen) atoms. The van der Waals surface area contributed by atoms with Gasteiger partial charge in [-0.15, -0.1) is 0 Å². The second kappa shape index (κ2) is 8.02. The monoisotopic (exact) mass is 257 g/mol. The molecule has 1 aromatic rings. The van der Waals surface area contributed by atoms with Gasteiger partial charge >= 0.3 is 0 Å². The van der Waals surface area contributed by atoms with Crippen molar-refractivity contribution < 1.29 is 19.0 Å². The number of nitrogens with one attached hydrogen (secondary N) is 1.